The molecule has 5 fully saturated rings. The molecule has 6 heteroatoms. The smallest absolute Gasteiger partial charge is 0.246 e. The zero-order valence-electron chi connectivity index (χ0n) is 16.0. The van der Waals surface area contributed by atoms with Crippen LogP contribution in [0, 0.1) is 23.2 Å². The number of carbonyl (C=O) groups is 1. The molecule has 5 nitrogen and oxygen atoms in total. The van der Waals surface area contributed by atoms with Gasteiger partial charge in [-0.2, -0.15) is 0 Å². The second kappa shape index (κ2) is 6.62. The van der Waals surface area contributed by atoms with Crippen LogP contribution < -0.4 is 4.72 Å². The summed E-state index contributed by atoms with van der Waals surface area (Å²) in [5.74, 6) is 2.69. The Morgan fingerprint density at radius 1 is 1.12 bits per heavy atom. The number of nitrogens with one attached hydrogen (secondary N) is 1. The van der Waals surface area contributed by atoms with Crippen LogP contribution in [0.25, 0.3) is 0 Å². The molecule has 146 valence electrons. The minimum atomic E-state index is -3.23. The number of likely N-dealkylation sites (tertiary alicyclic amines) is 1. The average molecular weight is 381 g/mol. The van der Waals surface area contributed by atoms with Gasteiger partial charge >= 0.3 is 0 Å². The van der Waals surface area contributed by atoms with E-state index in [2.05, 4.69) is 11.6 Å². The lowest BCUT2D eigenvalue weighted by atomic mass is 9.48. The maximum atomic E-state index is 12.9. The molecule has 0 spiro atoms. The van der Waals surface area contributed by atoms with Crippen molar-refractivity contribution in [2.24, 2.45) is 23.2 Å². The minimum Gasteiger partial charge on any atom is -0.338 e. The van der Waals surface area contributed by atoms with E-state index in [0.29, 0.717) is 6.54 Å². The molecule has 0 radical (unpaired) electrons. The van der Waals surface area contributed by atoms with E-state index in [-0.39, 0.29) is 17.4 Å². The molecule has 0 aromatic carbocycles. The minimum absolute atomic E-state index is 0.0678. The summed E-state index contributed by atoms with van der Waals surface area (Å²) >= 11 is 0. The van der Waals surface area contributed by atoms with Crippen LogP contribution in [0.5, 0.6) is 0 Å². The molecule has 1 aliphatic heterocycles. The van der Waals surface area contributed by atoms with Crippen molar-refractivity contribution in [1.29, 1.82) is 0 Å². The Labute approximate surface area is 157 Å². The molecule has 5 rings (SSSR count). The Hall–Kier alpha value is -0.880. The largest absolute Gasteiger partial charge is 0.338 e. The summed E-state index contributed by atoms with van der Waals surface area (Å²) in [6.45, 7) is 3.38. The first-order valence-electron chi connectivity index (χ1n) is 10.2. The van der Waals surface area contributed by atoms with Gasteiger partial charge in [0, 0.05) is 25.2 Å². The maximum absolute atomic E-state index is 12.9. The first-order valence-corrected chi connectivity index (χ1v) is 12.1. The number of amides is 1. The summed E-state index contributed by atoms with van der Waals surface area (Å²) in [7, 11) is -3.23. The molecule has 4 saturated carbocycles. The Bertz CT molecular complexity index is 677. The molecule has 1 N–H and O–H groups in total. The van der Waals surface area contributed by atoms with Gasteiger partial charge in [0.1, 0.15) is 0 Å². The van der Waals surface area contributed by atoms with Gasteiger partial charge in [0.15, 0.2) is 0 Å². The van der Waals surface area contributed by atoms with Crippen LogP contribution in [-0.2, 0) is 14.8 Å². The summed E-state index contributed by atoms with van der Waals surface area (Å²) in [6, 6.07) is -0.157. The lowest BCUT2D eigenvalue weighted by molar-refractivity contribution is -0.127. The van der Waals surface area contributed by atoms with Gasteiger partial charge in [-0.05, 0) is 81.5 Å². The first-order chi connectivity index (χ1) is 12.2. The maximum Gasteiger partial charge on any atom is 0.246 e. The van der Waals surface area contributed by atoms with Crippen molar-refractivity contribution in [3.05, 3.63) is 11.6 Å². The molecule has 1 amide bonds. The van der Waals surface area contributed by atoms with E-state index in [0.717, 1.165) is 37.1 Å². The molecule has 1 saturated heterocycles. The fourth-order valence-corrected chi connectivity index (χ4v) is 7.40. The highest BCUT2D eigenvalue weighted by Gasteiger charge is 2.51. The van der Waals surface area contributed by atoms with Gasteiger partial charge < -0.3 is 4.90 Å². The number of hydrogen-bond donors (Lipinski definition) is 1. The Morgan fingerprint density at radius 2 is 1.69 bits per heavy atom. The van der Waals surface area contributed by atoms with E-state index in [1.807, 2.05) is 11.0 Å². The van der Waals surface area contributed by atoms with Crippen molar-refractivity contribution < 1.29 is 13.2 Å². The van der Waals surface area contributed by atoms with E-state index in [4.69, 9.17) is 0 Å². The van der Waals surface area contributed by atoms with Crippen LogP contribution in [0.3, 0.4) is 0 Å². The number of allylic oxidation sites excluding steroid dienone is 1. The Kier molecular flexibility index (Phi) is 4.71. The van der Waals surface area contributed by atoms with E-state index in [1.54, 1.807) is 0 Å². The van der Waals surface area contributed by atoms with E-state index in [9.17, 15) is 13.2 Å². The standard InChI is InChI=1S/C20H32N2O3S/c1-14(20-10-15-7-16(11-20)9-17(8-15)12-20)6-19(23)22-5-3-4-18(13-22)21-26(2,24)25/h6,15-18,21H,3-5,7-13H2,1-2H3/b14-6-. The van der Waals surface area contributed by atoms with Gasteiger partial charge in [-0.1, -0.05) is 5.57 Å². The Balaban J connectivity index is 1.45. The number of nitrogens with zero attached hydrogens (tertiary/aromatic N) is 1. The number of hydrogen-bond acceptors (Lipinski definition) is 3. The molecule has 0 aromatic heterocycles. The molecule has 26 heavy (non-hydrogen) atoms. The van der Waals surface area contributed by atoms with Crippen LogP contribution in [-0.4, -0.2) is 44.6 Å². The molecule has 1 unspecified atom stereocenters. The molecule has 1 atom stereocenters. The van der Waals surface area contributed by atoms with Crippen LogP contribution in [0.1, 0.15) is 58.3 Å². The molecular formula is C20H32N2O3S. The van der Waals surface area contributed by atoms with Crippen molar-refractivity contribution in [3.8, 4) is 0 Å². The zero-order chi connectivity index (χ0) is 18.5. The third-order valence-corrected chi connectivity index (χ3v) is 8.09. The van der Waals surface area contributed by atoms with Crippen molar-refractivity contribution in [2.75, 3.05) is 19.3 Å². The third kappa shape index (κ3) is 3.72. The van der Waals surface area contributed by atoms with E-state index in [1.165, 1.54) is 50.4 Å². The highest BCUT2D eigenvalue weighted by Crippen LogP contribution is 2.62. The molecule has 5 aliphatic rings. The lowest BCUT2D eigenvalue weighted by Crippen LogP contribution is -2.49. The van der Waals surface area contributed by atoms with Gasteiger partial charge in [0.05, 0.1) is 6.26 Å². The van der Waals surface area contributed by atoms with Gasteiger partial charge in [-0.3, -0.25) is 4.79 Å². The third-order valence-electron chi connectivity index (χ3n) is 7.33. The second-order valence-corrected chi connectivity index (χ2v) is 11.3. The predicted octanol–water partition coefficient (Wildman–Crippen LogP) is 2.69. The summed E-state index contributed by atoms with van der Waals surface area (Å²) in [6.07, 6.45) is 12.8. The second-order valence-electron chi connectivity index (χ2n) is 9.54. The van der Waals surface area contributed by atoms with Crippen LogP contribution in [0.15, 0.2) is 11.6 Å². The molecule has 1 heterocycles. The van der Waals surface area contributed by atoms with Crippen molar-refractivity contribution in [1.82, 2.24) is 9.62 Å². The van der Waals surface area contributed by atoms with Gasteiger partial charge in [0.2, 0.25) is 15.9 Å². The van der Waals surface area contributed by atoms with Crippen LogP contribution in [0.4, 0.5) is 0 Å². The lowest BCUT2D eigenvalue weighted by Gasteiger charge is -2.57. The van der Waals surface area contributed by atoms with Gasteiger partial charge in [0.25, 0.3) is 0 Å². The van der Waals surface area contributed by atoms with E-state index < -0.39 is 10.0 Å². The fourth-order valence-electron chi connectivity index (χ4n) is 6.60. The van der Waals surface area contributed by atoms with Gasteiger partial charge in [-0.15, -0.1) is 0 Å². The number of piperidine rings is 1. The normalized spacial score (nSPS) is 40.1. The van der Waals surface area contributed by atoms with Crippen molar-refractivity contribution in [3.63, 3.8) is 0 Å². The van der Waals surface area contributed by atoms with Crippen molar-refractivity contribution in [2.45, 2.75) is 64.3 Å². The van der Waals surface area contributed by atoms with Crippen LogP contribution in [0.2, 0.25) is 0 Å². The zero-order valence-corrected chi connectivity index (χ0v) is 16.9. The summed E-state index contributed by atoms with van der Waals surface area (Å²) < 4.78 is 25.6. The Morgan fingerprint density at radius 3 is 2.23 bits per heavy atom. The monoisotopic (exact) mass is 380 g/mol. The van der Waals surface area contributed by atoms with Crippen LogP contribution >= 0.6 is 0 Å². The molecule has 0 aromatic rings. The molecule has 4 bridgehead atoms. The topological polar surface area (TPSA) is 66.5 Å². The highest BCUT2D eigenvalue weighted by molar-refractivity contribution is 7.88. The van der Waals surface area contributed by atoms with Gasteiger partial charge in [-0.25, -0.2) is 13.1 Å². The van der Waals surface area contributed by atoms with Crippen molar-refractivity contribution >= 4 is 15.9 Å². The first kappa shape index (κ1) is 18.5. The predicted molar refractivity (Wildman–Crippen MR) is 102 cm³/mol. The SMILES string of the molecule is C/C(=C/C(=O)N1CCCC(NS(C)(=O)=O)C1)C12CC3CC(CC(C3)C1)C2. The number of sulfonamides is 1. The highest BCUT2D eigenvalue weighted by atomic mass is 32.2. The quantitative estimate of drug-likeness (QED) is 0.763. The molecular weight excluding hydrogens is 348 g/mol. The molecule has 4 aliphatic carbocycles. The summed E-state index contributed by atoms with van der Waals surface area (Å²) in [4.78, 5) is 14.7. The average Bonchev–Trinajstić information content (AvgIpc) is 2.52. The van der Waals surface area contributed by atoms with E-state index >= 15 is 0 Å². The number of carbonyl (C=O) groups excluding carboxylic acids is 1. The number of rotatable bonds is 4. The summed E-state index contributed by atoms with van der Waals surface area (Å²) in [5.41, 5.74) is 1.55. The fraction of sp³-hybridized carbons (Fsp3) is 0.850. The summed E-state index contributed by atoms with van der Waals surface area (Å²) in [5, 5.41) is 0.